The Labute approximate surface area is 146 Å². The molecule has 4 nitrogen and oxygen atoms in total. The molecule has 1 aliphatic heterocycles. The summed E-state index contributed by atoms with van der Waals surface area (Å²) in [7, 11) is 0. The van der Waals surface area contributed by atoms with Gasteiger partial charge in [0.25, 0.3) is 5.91 Å². The van der Waals surface area contributed by atoms with Crippen LogP contribution >= 0.6 is 0 Å². The van der Waals surface area contributed by atoms with Gasteiger partial charge >= 0.3 is 6.18 Å². The summed E-state index contributed by atoms with van der Waals surface area (Å²) in [6.45, 7) is 0.811. The SMILES string of the molecule is O=C(Nc1ccc2c(c1)OCCO2)c1ccc(/C=C/C(F)(F)F)cc1F. The van der Waals surface area contributed by atoms with Gasteiger partial charge in [0.15, 0.2) is 11.5 Å². The molecule has 0 bridgehead atoms. The summed E-state index contributed by atoms with van der Waals surface area (Å²) in [4.78, 5) is 12.2. The Morgan fingerprint density at radius 1 is 1.04 bits per heavy atom. The molecule has 2 aromatic rings. The third-order valence-electron chi connectivity index (χ3n) is 3.50. The Morgan fingerprint density at radius 2 is 1.77 bits per heavy atom. The highest BCUT2D eigenvalue weighted by atomic mass is 19.4. The van der Waals surface area contributed by atoms with Gasteiger partial charge in [-0.1, -0.05) is 6.07 Å². The second-order valence-electron chi connectivity index (χ2n) is 5.43. The summed E-state index contributed by atoms with van der Waals surface area (Å²) in [6, 6.07) is 7.95. The summed E-state index contributed by atoms with van der Waals surface area (Å²) in [5, 5.41) is 2.51. The summed E-state index contributed by atoms with van der Waals surface area (Å²) in [5.41, 5.74) is 0.0828. The molecule has 1 heterocycles. The molecule has 8 heteroatoms. The summed E-state index contributed by atoms with van der Waals surface area (Å²) < 4.78 is 61.3. The van der Waals surface area contributed by atoms with E-state index in [-0.39, 0.29) is 17.2 Å². The van der Waals surface area contributed by atoms with Crippen LogP contribution in [-0.2, 0) is 0 Å². The first-order valence-electron chi connectivity index (χ1n) is 7.58. The Morgan fingerprint density at radius 3 is 2.46 bits per heavy atom. The van der Waals surface area contributed by atoms with Gasteiger partial charge < -0.3 is 14.8 Å². The number of alkyl halides is 3. The Hall–Kier alpha value is -3.03. The first kappa shape index (κ1) is 17.8. The monoisotopic (exact) mass is 367 g/mol. The maximum atomic E-state index is 14.1. The molecule has 1 amide bonds. The smallest absolute Gasteiger partial charge is 0.409 e. The topological polar surface area (TPSA) is 47.6 Å². The highest BCUT2D eigenvalue weighted by Crippen LogP contribution is 2.32. The molecule has 0 unspecified atom stereocenters. The van der Waals surface area contributed by atoms with E-state index < -0.39 is 17.9 Å². The molecule has 0 aromatic heterocycles. The number of nitrogens with one attached hydrogen (secondary N) is 1. The number of hydrogen-bond donors (Lipinski definition) is 1. The zero-order chi connectivity index (χ0) is 18.7. The molecule has 2 aromatic carbocycles. The first-order valence-corrected chi connectivity index (χ1v) is 7.58. The lowest BCUT2D eigenvalue weighted by atomic mass is 10.1. The molecule has 0 aliphatic carbocycles. The zero-order valence-corrected chi connectivity index (χ0v) is 13.3. The second-order valence-corrected chi connectivity index (χ2v) is 5.43. The highest BCUT2D eigenvalue weighted by molar-refractivity contribution is 6.04. The molecule has 136 valence electrons. The molecule has 1 aliphatic rings. The molecule has 0 radical (unpaired) electrons. The van der Waals surface area contributed by atoms with E-state index in [1.165, 1.54) is 6.07 Å². The van der Waals surface area contributed by atoms with Crippen molar-refractivity contribution >= 4 is 17.7 Å². The van der Waals surface area contributed by atoms with Crippen molar-refractivity contribution in [3.05, 3.63) is 59.4 Å². The zero-order valence-electron chi connectivity index (χ0n) is 13.3. The van der Waals surface area contributed by atoms with Gasteiger partial charge in [0.05, 0.1) is 5.56 Å². The fourth-order valence-electron chi connectivity index (χ4n) is 2.33. The van der Waals surface area contributed by atoms with Crippen molar-refractivity contribution in [3.63, 3.8) is 0 Å². The lowest BCUT2D eigenvalue weighted by Crippen LogP contribution is -2.17. The van der Waals surface area contributed by atoms with Crippen LogP contribution in [0.3, 0.4) is 0 Å². The fourth-order valence-corrected chi connectivity index (χ4v) is 2.33. The number of fused-ring (bicyclic) bond motifs is 1. The van der Waals surface area contributed by atoms with E-state index in [2.05, 4.69) is 5.32 Å². The summed E-state index contributed by atoms with van der Waals surface area (Å²) in [5.74, 6) is -0.654. The molecule has 0 fully saturated rings. The van der Waals surface area contributed by atoms with E-state index in [1.807, 2.05) is 0 Å². The van der Waals surface area contributed by atoms with E-state index in [0.29, 0.717) is 30.4 Å². The maximum absolute atomic E-state index is 14.1. The molecule has 0 saturated heterocycles. The second kappa shape index (κ2) is 7.07. The average molecular weight is 367 g/mol. The predicted octanol–water partition coefficient (Wildman–Crippen LogP) is 4.42. The third-order valence-corrected chi connectivity index (χ3v) is 3.50. The number of anilines is 1. The lowest BCUT2D eigenvalue weighted by Gasteiger charge is -2.19. The Balaban J connectivity index is 1.75. The number of carbonyl (C=O) groups excluding carboxylic acids is 1. The largest absolute Gasteiger partial charge is 0.486 e. The molecule has 0 atom stereocenters. The number of rotatable bonds is 3. The molecule has 0 saturated carbocycles. The van der Waals surface area contributed by atoms with Gasteiger partial charge in [-0.3, -0.25) is 4.79 Å². The number of amides is 1. The molecule has 26 heavy (non-hydrogen) atoms. The van der Waals surface area contributed by atoms with E-state index in [9.17, 15) is 22.4 Å². The van der Waals surface area contributed by atoms with Crippen LogP contribution in [0.4, 0.5) is 23.2 Å². The van der Waals surface area contributed by atoms with Crippen molar-refractivity contribution in [1.82, 2.24) is 0 Å². The van der Waals surface area contributed by atoms with Crippen LogP contribution in [-0.4, -0.2) is 25.3 Å². The van der Waals surface area contributed by atoms with Crippen molar-refractivity contribution in [2.24, 2.45) is 0 Å². The third kappa shape index (κ3) is 4.33. The number of allylic oxidation sites excluding steroid dienone is 1. The first-order chi connectivity index (χ1) is 12.3. The van der Waals surface area contributed by atoms with Gasteiger partial charge in [0.2, 0.25) is 0 Å². The van der Waals surface area contributed by atoms with Gasteiger partial charge in [-0.05, 0) is 35.9 Å². The normalized spacial score (nSPS) is 13.7. The van der Waals surface area contributed by atoms with Gasteiger partial charge in [0.1, 0.15) is 19.0 Å². The van der Waals surface area contributed by atoms with Crippen LogP contribution in [0.15, 0.2) is 42.5 Å². The Kier molecular flexibility index (Phi) is 4.83. The van der Waals surface area contributed by atoms with E-state index in [1.54, 1.807) is 18.2 Å². The van der Waals surface area contributed by atoms with Crippen LogP contribution < -0.4 is 14.8 Å². The fraction of sp³-hybridized carbons (Fsp3) is 0.167. The molecule has 1 N–H and O–H groups in total. The van der Waals surface area contributed by atoms with Crippen LogP contribution in [0.25, 0.3) is 6.08 Å². The standard InChI is InChI=1S/C18H13F4NO3/c19-14-9-11(5-6-18(20,21)22)1-3-13(14)17(24)23-12-2-4-15-16(10-12)26-8-7-25-15/h1-6,9-10H,7-8H2,(H,23,24)/b6-5+. The number of ether oxygens (including phenoxy) is 2. The number of benzene rings is 2. The van der Waals surface area contributed by atoms with Crippen molar-refractivity contribution in [2.45, 2.75) is 6.18 Å². The van der Waals surface area contributed by atoms with E-state index in [0.717, 1.165) is 18.2 Å². The molecule has 0 spiro atoms. The summed E-state index contributed by atoms with van der Waals surface area (Å²) in [6.07, 6.45) is -3.77. The van der Waals surface area contributed by atoms with Crippen molar-refractivity contribution in [1.29, 1.82) is 0 Å². The summed E-state index contributed by atoms with van der Waals surface area (Å²) >= 11 is 0. The van der Waals surface area contributed by atoms with Crippen molar-refractivity contribution in [3.8, 4) is 11.5 Å². The highest BCUT2D eigenvalue weighted by Gasteiger charge is 2.22. The van der Waals surface area contributed by atoms with Gasteiger partial charge in [0, 0.05) is 17.8 Å². The quantitative estimate of drug-likeness (QED) is 0.817. The van der Waals surface area contributed by atoms with Crippen LogP contribution in [0.1, 0.15) is 15.9 Å². The maximum Gasteiger partial charge on any atom is 0.409 e. The lowest BCUT2D eigenvalue weighted by molar-refractivity contribution is -0.0790. The van der Waals surface area contributed by atoms with Crippen LogP contribution in [0.2, 0.25) is 0 Å². The van der Waals surface area contributed by atoms with E-state index in [4.69, 9.17) is 9.47 Å². The van der Waals surface area contributed by atoms with Gasteiger partial charge in [-0.15, -0.1) is 0 Å². The predicted molar refractivity (Wildman–Crippen MR) is 86.9 cm³/mol. The van der Waals surface area contributed by atoms with Crippen LogP contribution in [0, 0.1) is 5.82 Å². The average Bonchev–Trinajstić information content (AvgIpc) is 2.59. The minimum absolute atomic E-state index is 0.00327. The van der Waals surface area contributed by atoms with Gasteiger partial charge in [-0.2, -0.15) is 13.2 Å². The molecular formula is C18H13F4NO3. The van der Waals surface area contributed by atoms with Crippen LogP contribution in [0.5, 0.6) is 11.5 Å². The van der Waals surface area contributed by atoms with Crippen molar-refractivity contribution in [2.75, 3.05) is 18.5 Å². The van der Waals surface area contributed by atoms with Crippen molar-refractivity contribution < 1.29 is 31.8 Å². The van der Waals surface area contributed by atoms with Gasteiger partial charge in [-0.25, -0.2) is 4.39 Å². The number of hydrogen-bond acceptors (Lipinski definition) is 3. The Bertz CT molecular complexity index is 862. The minimum atomic E-state index is -4.50. The minimum Gasteiger partial charge on any atom is -0.486 e. The number of carbonyl (C=O) groups is 1. The molecular weight excluding hydrogens is 354 g/mol. The number of halogens is 4. The van der Waals surface area contributed by atoms with E-state index >= 15 is 0 Å². The molecule has 3 rings (SSSR count).